The molecular weight excluding hydrogens is 416 g/mol. The van der Waals surface area contributed by atoms with Crippen molar-refractivity contribution in [1.29, 1.82) is 0 Å². The molecule has 162 valence electrons. The molecule has 2 fully saturated rings. The normalized spacial score (nSPS) is 23.4. The van der Waals surface area contributed by atoms with Crippen molar-refractivity contribution in [2.24, 2.45) is 0 Å². The number of benzene rings is 1. The van der Waals surface area contributed by atoms with Gasteiger partial charge >= 0.3 is 0 Å². The molecule has 2 saturated heterocycles. The standard InChI is InChI=1S/C20H29ClN2O5S/c1-22(9-11-28-18-6-4-16(21)5-7-18)14-20(24)23(13-19-3-2-10-27-19)17-8-12-29(25,26)15-17/h4-7,17,19H,2-3,8-15H2,1H3. The predicted molar refractivity (Wildman–Crippen MR) is 112 cm³/mol. The van der Waals surface area contributed by atoms with Gasteiger partial charge in [-0.25, -0.2) is 8.42 Å². The number of likely N-dealkylation sites (N-methyl/N-ethyl adjacent to an activating group) is 1. The molecule has 0 bridgehead atoms. The highest BCUT2D eigenvalue weighted by atomic mass is 35.5. The van der Waals surface area contributed by atoms with Crippen LogP contribution in [-0.2, 0) is 19.4 Å². The number of sulfone groups is 1. The summed E-state index contributed by atoms with van der Waals surface area (Å²) in [5.41, 5.74) is 0. The Morgan fingerprint density at radius 1 is 1.28 bits per heavy atom. The Labute approximate surface area is 177 Å². The average Bonchev–Trinajstić information content (AvgIpc) is 3.30. The number of carbonyl (C=O) groups excluding carboxylic acids is 1. The van der Waals surface area contributed by atoms with Gasteiger partial charge in [-0.3, -0.25) is 9.69 Å². The third-order valence-corrected chi connectivity index (χ3v) is 7.36. The molecule has 2 atom stereocenters. The van der Waals surface area contributed by atoms with E-state index in [4.69, 9.17) is 21.1 Å². The van der Waals surface area contributed by atoms with Gasteiger partial charge in [-0.2, -0.15) is 0 Å². The fraction of sp³-hybridized carbons (Fsp3) is 0.650. The summed E-state index contributed by atoms with van der Waals surface area (Å²) in [5, 5.41) is 0.653. The smallest absolute Gasteiger partial charge is 0.237 e. The molecule has 9 heteroatoms. The molecule has 7 nitrogen and oxygen atoms in total. The van der Waals surface area contributed by atoms with Gasteiger partial charge in [0, 0.05) is 30.8 Å². The summed E-state index contributed by atoms with van der Waals surface area (Å²) in [6.45, 7) is 2.40. The van der Waals surface area contributed by atoms with Crippen LogP contribution >= 0.6 is 11.6 Å². The molecule has 1 aromatic rings. The van der Waals surface area contributed by atoms with Gasteiger partial charge in [-0.05, 0) is 50.6 Å². The topological polar surface area (TPSA) is 76.2 Å². The summed E-state index contributed by atoms with van der Waals surface area (Å²) in [6, 6.07) is 6.88. The highest BCUT2D eigenvalue weighted by Gasteiger charge is 2.36. The summed E-state index contributed by atoms with van der Waals surface area (Å²) in [5.74, 6) is 0.869. The van der Waals surface area contributed by atoms with Crippen molar-refractivity contribution in [2.75, 3.05) is 51.4 Å². The lowest BCUT2D eigenvalue weighted by Crippen LogP contribution is -2.49. The van der Waals surface area contributed by atoms with Crippen LogP contribution in [-0.4, -0.2) is 87.7 Å². The molecule has 0 spiro atoms. The Balaban J connectivity index is 1.51. The van der Waals surface area contributed by atoms with E-state index in [0.717, 1.165) is 18.6 Å². The molecule has 0 radical (unpaired) electrons. The van der Waals surface area contributed by atoms with Crippen molar-refractivity contribution < 1.29 is 22.7 Å². The van der Waals surface area contributed by atoms with Gasteiger partial charge in [-0.1, -0.05) is 11.6 Å². The molecule has 1 aromatic carbocycles. The van der Waals surface area contributed by atoms with E-state index < -0.39 is 9.84 Å². The molecular formula is C20H29ClN2O5S. The molecule has 0 saturated carbocycles. The second kappa shape index (κ2) is 10.1. The van der Waals surface area contributed by atoms with Gasteiger partial charge in [0.05, 0.1) is 24.2 Å². The van der Waals surface area contributed by atoms with Crippen molar-refractivity contribution in [3.05, 3.63) is 29.3 Å². The van der Waals surface area contributed by atoms with Crippen LogP contribution in [0.3, 0.4) is 0 Å². The van der Waals surface area contributed by atoms with Crippen LogP contribution in [0.1, 0.15) is 19.3 Å². The van der Waals surface area contributed by atoms with Gasteiger partial charge in [0.2, 0.25) is 5.91 Å². The van der Waals surface area contributed by atoms with E-state index in [2.05, 4.69) is 0 Å². The number of rotatable bonds is 9. The Kier molecular flexibility index (Phi) is 7.79. The van der Waals surface area contributed by atoms with E-state index in [9.17, 15) is 13.2 Å². The van der Waals surface area contributed by atoms with Crippen LogP contribution in [0.5, 0.6) is 5.75 Å². The Bertz CT molecular complexity index is 781. The molecule has 0 N–H and O–H groups in total. The monoisotopic (exact) mass is 444 g/mol. The minimum absolute atomic E-state index is 0.000739. The Hall–Kier alpha value is -1.35. The quantitative estimate of drug-likeness (QED) is 0.578. The first-order valence-corrected chi connectivity index (χ1v) is 12.2. The number of halogens is 1. The minimum Gasteiger partial charge on any atom is -0.492 e. The van der Waals surface area contributed by atoms with E-state index in [1.807, 2.05) is 11.9 Å². The molecule has 3 rings (SSSR count). The van der Waals surface area contributed by atoms with Crippen molar-refractivity contribution >= 4 is 27.3 Å². The maximum atomic E-state index is 13.0. The molecule has 0 aliphatic carbocycles. The number of carbonyl (C=O) groups is 1. The number of hydrogen-bond donors (Lipinski definition) is 0. The van der Waals surface area contributed by atoms with Crippen LogP contribution in [0.25, 0.3) is 0 Å². The highest BCUT2D eigenvalue weighted by Crippen LogP contribution is 2.22. The van der Waals surface area contributed by atoms with Gasteiger partial charge in [-0.15, -0.1) is 0 Å². The second-order valence-electron chi connectivity index (χ2n) is 7.78. The average molecular weight is 445 g/mol. The van der Waals surface area contributed by atoms with E-state index in [0.29, 0.717) is 37.7 Å². The summed E-state index contributed by atoms with van der Waals surface area (Å²) >= 11 is 5.86. The molecule has 2 aliphatic heterocycles. The first kappa shape index (κ1) is 22.3. The van der Waals surface area contributed by atoms with Crippen molar-refractivity contribution in [3.63, 3.8) is 0 Å². The van der Waals surface area contributed by atoms with Gasteiger partial charge in [0.15, 0.2) is 9.84 Å². The number of amides is 1. The fourth-order valence-corrected chi connectivity index (χ4v) is 5.59. The van der Waals surface area contributed by atoms with Gasteiger partial charge < -0.3 is 14.4 Å². The lowest BCUT2D eigenvalue weighted by molar-refractivity contribution is -0.135. The molecule has 29 heavy (non-hydrogen) atoms. The van der Waals surface area contributed by atoms with Crippen molar-refractivity contribution in [3.8, 4) is 5.75 Å². The minimum atomic E-state index is -3.06. The maximum Gasteiger partial charge on any atom is 0.237 e. The predicted octanol–water partition coefficient (Wildman–Crippen LogP) is 1.85. The zero-order valence-electron chi connectivity index (χ0n) is 16.8. The van der Waals surface area contributed by atoms with Crippen LogP contribution < -0.4 is 4.74 Å². The zero-order chi connectivity index (χ0) is 20.9. The molecule has 2 heterocycles. The second-order valence-corrected chi connectivity index (χ2v) is 10.4. The summed E-state index contributed by atoms with van der Waals surface area (Å²) < 4.78 is 35.2. The Morgan fingerprint density at radius 3 is 2.66 bits per heavy atom. The van der Waals surface area contributed by atoms with Crippen LogP contribution in [0, 0.1) is 0 Å². The summed E-state index contributed by atoms with van der Waals surface area (Å²) in [4.78, 5) is 16.6. The van der Waals surface area contributed by atoms with Gasteiger partial charge in [0.1, 0.15) is 12.4 Å². The number of ether oxygens (including phenoxy) is 2. The van der Waals surface area contributed by atoms with E-state index in [1.54, 1.807) is 29.2 Å². The van der Waals surface area contributed by atoms with Crippen LogP contribution in [0.15, 0.2) is 24.3 Å². The molecule has 2 unspecified atom stereocenters. The van der Waals surface area contributed by atoms with E-state index in [1.165, 1.54) is 0 Å². The fourth-order valence-electron chi connectivity index (χ4n) is 3.73. The third-order valence-electron chi connectivity index (χ3n) is 5.35. The SMILES string of the molecule is CN(CCOc1ccc(Cl)cc1)CC(=O)N(CC1CCCO1)C1CCS(=O)(=O)C1. The maximum absolute atomic E-state index is 13.0. The lowest BCUT2D eigenvalue weighted by atomic mass is 10.1. The first-order chi connectivity index (χ1) is 13.8. The number of nitrogens with zero attached hydrogens (tertiary/aromatic N) is 2. The van der Waals surface area contributed by atoms with Crippen LogP contribution in [0.2, 0.25) is 5.02 Å². The molecule has 1 amide bonds. The van der Waals surface area contributed by atoms with Crippen molar-refractivity contribution in [1.82, 2.24) is 9.80 Å². The van der Waals surface area contributed by atoms with Crippen molar-refractivity contribution in [2.45, 2.75) is 31.4 Å². The van der Waals surface area contributed by atoms with E-state index >= 15 is 0 Å². The third kappa shape index (κ3) is 6.84. The summed E-state index contributed by atoms with van der Waals surface area (Å²) in [7, 11) is -1.20. The van der Waals surface area contributed by atoms with Crippen LogP contribution in [0.4, 0.5) is 0 Å². The largest absolute Gasteiger partial charge is 0.492 e. The molecule has 2 aliphatic rings. The van der Waals surface area contributed by atoms with Gasteiger partial charge in [0.25, 0.3) is 0 Å². The lowest BCUT2D eigenvalue weighted by Gasteiger charge is -2.32. The molecule has 0 aromatic heterocycles. The zero-order valence-corrected chi connectivity index (χ0v) is 18.3. The summed E-state index contributed by atoms with van der Waals surface area (Å²) in [6.07, 6.45) is 2.40. The Morgan fingerprint density at radius 2 is 2.03 bits per heavy atom. The number of hydrogen-bond acceptors (Lipinski definition) is 6. The van der Waals surface area contributed by atoms with E-state index in [-0.39, 0.29) is 36.1 Å². The highest BCUT2D eigenvalue weighted by molar-refractivity contribution is 7.91. The first-order valence-electron chi connectivity index (χ1n) is 10.0.